The van der Waals surface area contributed by atoms with Gasteiger partial charge in [-0.15, -0.1) is 0 Å². The molecule has 0 heterocycles. The highest BCUT2D eigenvalue weighted by Crippen LogP contribution is 2.14. The van der Waals surface area contributed by atoms with E-state index in [1.54, 1.807) is 0 Å². The van der Waals surface area contributed by atoms with E-state index in [2.05, 4.69) is 61.7 Å². The van der Waals surface area contributed by atoms with E-state index in [4.69, 9.17) is 9.84 Å². The van der Waals surface area contributed by atoms with Crippen LogP contribution < -0.4 is 5.32 Å². The van der Waals surface area contributed by atoms with Gasteiger partial charge in [-0.1, -0.05) is 108 Å². The molecule has 0 aromatic carbocycles. The summed E-state index contributed by atoms with van der Waals surface area (Å²) in [6.45, 7) is 4.04. The first-order chi connectivity index (χ1) is 20.5. The fourth-order valence-corrected chi connectivity index (χ4v) is 4.50. The average molecular weight is 588 g/mol. The maximum atomic E-state index is 12.5. The van der Waals surface area contributed by atoms with Crippen LogP contribution in [0.25, 0.3) is 0 Å². The number of esters is 1. The van der Waals surface area contributed by atoms with Crippen LogP contribution in [0, 0.1) is 0 Å². The number of hydrogen-bond acceptors (Lipinski definition) is 4. The number of carboxylic acid groups (broad SMARTS) is 1. The van der Waals surface area contributed by atoms with Gasteiger partial charge in [0.15, 0.2) is 0 Å². The lowest BCUT2D eigenvalue weighted by molar-refractivity contribution is -0.147. The standard InChI is InChI=1S/C36H61NO5/c1-3-5-7-9-11-13-14-15-16-17-19-21-27-31-36(41)42-33(28-24-20-18-12-10-8-6-4-2)29-25-22-23-26-30-34(38)37-32-35(39)40/h6,8,12-14,18,24,28,33H,3-5,7,9-11,15-17,19-23,25-27,29-32H2,1-2H3,(H,37,38)(H,39,40)/b8-6-,14-13-,18-12-,28-24-. The van der Waals surface area contributed by atoms with E-state index >= 15 is 0 Å². The average Bonchev–Trinajstić information content (AvgIpc) is 2.97. The van der Waals surface area contributed by atoms with Crippen LogP contribution in [0.3, 0.4) is 0 Å². The lowest BCUT2D eigenvalue weighted by Crippen LogP contribution is -2.28. The van der Waals surface area contributed by atoms with Gasteiger partial charge in [0.1, 0.15) is 12.6 Å². The fourth-order valence-electron chi connectivity index (χ4n) is 4.50. The minimum atomic E-state index is -1.03. The van der Waals surface area contributed by atoms with E-state index in [1.807, 2.05) is 6.08 Å². The molecule has 0 saturated heterocycles. The summed E-state index contributed by atoms with van der Waals surface area (Å²) in [6.07, 6.45) is 38.1. The number of hydrogen-bond donors (Lipinski definition) is 2. The second kappa shape index (κ2) is 31.3. The van der Waals surface area contributed by atoms with Crippen LogP contribution in [0.1, 0.15) is 149 Å². The first-order valence-electron chi connectivity index (χ1n) is 16.8. The van der Waals surface area contributed by atoms with Crippen molar-refractivity contribution in [3.63, 3.8) is 0 Å². The minimum absolute atomic E-state index is 0.119. The number of carbonyl (C=O) groups is 3. The summed E-state index contributed by atoms with van der Waals surface area (Å²) in [5.41, 5.74) is 0. The number of nitrogens with one attached hydrogen (secondary N) is 1. The predicted octanol–water partition coefficient (Wildman–Crippen LogP) is 9.56. The molecule has 0 aliphatic carbocycles. The third-order valence-corrected chi connectivity index (χ3v) is 6.97. The third-order valence-electron chi connectivity index (χ3n) is 6.97. The summed E-state index contributed by atoms with van der Waals surface area (Å²) in [6, 6.07) is 0. The topological polar surface area (TPSA) is 92.7 Å². The van der Waals surface area contributed by atoms with Gasteiger partial charge in [-0.2, -0.15) is 0 Å². The molecule has 1 unspecified atom stereocenters. The van der Waals surface area contributed by atoms with Gasteiger partial charge in [-0.05, 0) is 76.7 Å². The number of carboxylic acids is 1. The largest absolute Gasteiger partial charge is 0.480 e. The minimum Gasteiger partial charge on any atom is -0.480 e. The number of amides is 1. The zero-order chi connectivity index (χ0) is 30.9. The van der Waals surface area contributed by atoms with Crippen molar-refractivity contribution in [3.8, 4) is 0 Å². The molecule has 0 spiro atoms. The highest BCUT2D eigenvalue weighted by molar-refractivity contribution is 5.80. The van der Waals surface area contributed by atoms with Gasteiger partial charge in [0, 0.05) is 12.8 Å². The number of ether oxygens (including phenoxy) is 1. The number of allylic oxidation sites excluding steroid dienone is 7. The van der Waals surface area contributed by atoms with Crippen molar-refractivity contribution in [1.82, 2.24) is 5.32 Å². The Morgan fingerprint density at radius 3 is 1.90 bits per heavy atom. The van der Waals surface area contributed by atoms with E-state index in [-0.39, 0.29) is 24.5 Å². The van der Waals surface area contributed by atoms with Gasteiger partial charge in [0.25, 0.3) is 0 Å². The quantitative estimate of drug-likeness (QED) is 0.0516. The monoisotopic (exact) mass is 587 g/mol. The van der Waals surface area contributed by atoms with Gasteiger partial charge in [-0.3, -0.25) is 14.4 Å². The summed E-state index contributed by atoms with van der Waals surface area (Å²) in [5.74, 6) is -1.38. The zero-order valence-corrected chi connectivity index (χ0v) is 26.8. The molecule has 0 fully saturated rings. The molecule has 2 N–H and O–H groups in total. The van der Waals surface area contributed by atoms with Crippen LogP contribution >= 0.6 is 0 Å². The lowest BCUT2D eigenvalue weighted by atomic mass is 10.1. The Morgan fingerprint density at radius 1 is 0.667 bits per heavy atom. The molecule has 42 heavy (non-hydrogen) atoms. The van der Waals surface area contributed by atoms with E-state index in [1.165, 1.54) is 44.9 Å². The van der Waals surface area contributed by atoms with Gasteiger partial charge in [0.2, 0.25) is 5.91 Å². The molecule has 6 nitrogen and oxygen atoms in total. The smallest absolute Gasteiger partial charge is 0.322 e. The molecule has 240 valence electrons. The Balaban J connectivity index is 4.27. The number of aliphatic carboxylic acids is 1. The molecule has 0 aliphatic heterocycles. The Bertz CT molecular complexity index is 784. The zero-order valence-electron chi connectivity index (χ0n) is 26.8. The Hall–Kier alpha value is -2.63. The summed E-state index contributed by atoms with van der Waals surface area (Å²) in [5, 5.41) is 11.0. The summed E-state index contributed by atoms with van der Waals surface area (Å²) < 4.78 is 5.83. The molecule has 1 atom stereocenters. The molecule has 0 aromatic heterocycles. The Morgan fingerprint density at radius 2 is 1.24 bits per heavy atom. The molecule has 6 heteroatoms. The Labute approximate surface area is 257 Å². The van der Waals surface area contributed by atoms with E-state index in [0.717, 1.165) is 77.0 Å². The third kappa shape index (κ3) is 30.3. The molecule has 1 amide bonds. The van der Waals surface area contributed by atoms with Crippen LogP contribution in [-0.4, -0.2) is 35.6 Å². The highest BCUT2D eigenvalue weighted by atomic mass is 16.5. The second-order valence-corrected chi connectivity index (χ2v) is 11.0. The first-order valence-corrected chi connectivity index (χ1v) is 16.8. The maximum absolute atomic E-state index is 12.5. The van der Waals surface area contributed by atoms with Crippen LogP contribution in [0.15, 0.2) is 48.6 Å². The van der Waals surface area contributed by atoms with Crippen LogP contribution in [-0.2, 0) is 19.1 Å². The van der Waals surface area contributed by atoms with Crippen molar-refractivity contribution in [2.24, 2.45) is 0 Å². The van der Waals surface area contributed by atoms with Crippen LogP contribution in [0.5, 0.6) is 0 Å². The summed E-state index contributed by atoms with van der Waals surface area (Å²) >= 11 is 0. The van der Waals surface area contributed by atoms with Crippen molar-refractivity contribution in [2.75, 3.05) is 6.54 Å². The van der Waals surface area contributed by atoms with Gasteiger partial charge in [0.05, 0.1) is 0 Å². The SMILES string of the molecule is CC/C=C\C/C=C\C/C=C\C(CCCCCCC(=O)NCC(=O)O)OC(=O)CCCCCCC/C=C\CCCCCC. The number of rotatable bonds is 29. The number of carbonyl (C=O) groups excluding carboxylic acids is 2. The molecular weight excluding hydrogens is 526 g/mol. The molecule has 0 rings (SSSR count). The number of unbranched alkanes of at least 4 members (excludes halogenated alkanes) is 12. The van der Waals surface area contributed by atoms with Gasteiger partial charge >= 0.3 is 11.9 Å². The van der Waals surface area contributed by atoms with E-state index in [9.17, 15) is 14.4 Å². The van der Waals surface area contributed by atoms with Crippen LogP contribution in [0.2, 0.25) is 0 Å². The normalized spacial score (nSPS) is 12.6. The summed E-state index contributed by atoms with van der Waals surface area (Å²) in [4.78, 5) is 34.7. The molecule has 0 aromatic rings. The van der Waals surface area contributed by atoms with Crippen molar-refractivity contribution in [1.29, 1.82) is 0 Å². The van der Waals surface area contributed by atoms with E-state index in [0.29, 0.717) is 12.8 Å². The second-order valence-electron chi connectivity index (χ2n) is 11.0. The van der Waals surface area contributed by atoms with Crippen molar-refractivity contribution in [2.45, 2.75) is 155 Å². The van der Waals surface area contributed by atoms with Crippen molar-refractivity contribution < 1.29 is 24.2 Å². The molecule has 0 radical (unpaired) electrons. The molecule has 0 saturated carbocycles. The van der Waals surface area contributed by atoms with Gasteiger partial charge < -0.3 is 15.2 Å². The maximum Gasteiger partial charge on any atom is 0.322 e. The fraction of sp³-hybridized carbons (Fsp3) is 0.694. The van der Waals surface area contributed by atoms with Gasteiger partial charge in [-0.25, -0.2) is 0 Å². The summed E-state index contributed by atoms with van der Waals surface area (Å²) in [7, 11) is 0. The van der Waals surface area contributed by atoms with Crippen molar-refractivity contribution >= 4 is 17.8 Å². The lowest BCUT2D eigenvalue weighted by Gasteiger charge is -2.14. The van der Waals surface area contributed by atoms with Crippen molar-refractivity contribution in [3.05, 3.63) is 48.6 Å². The van der Waals surface area contributed by atoms with E-state index < -0.39 is 5.97 Å². The predicted molar refractivity (Wildman–Crippen MR) is 175 cm³/mol. The highest BCUT2D eigenvalue weighted by Gasteiger charge is 2.11. The first kappa shape index (κ1) is 39.4. The Kier molecular flexibility index (Phi) is 29.3. The molecular formula is C36H61NO5. The molecule has 0 aliphatic rings. The molecule has 0 bridgehead atoms. The van der Waals surface area contributed by atoms with Crippen LogP contribution in [0.4, 0.5) is 0 Å².